The second-order valence-corrected chi connectivity index (χ2v) is 24.4. The van der Waals surface area contributed by atoms with E-state index in [0.717, 1.165) is 68.4 Å². The lowest BCUT2D eigenvalue weighted by Gasteiger charge is -2.46. The molecule has 6 fully saturated rings. The molecule has 65 heavy (non-hydrogen) atoms. The van der Waals surface area contributed by atoms with E-state index < -0.39 is 67.0 Å². The summed E-state index contributed by atoms with van der Waals surface area (Å²) in [5, 5.41) is 16.3. The van der Waals surface area contributed by atoms with Gasteiger partial charge in [0.15, 0.2) is 0 Å². The first kappa shape index (κ1) is 47.4. The zero-order valence-electron chi connectivity index (χ0n) is 38.4. The number of likely N-dealkylation sites (tertiary alicyclic amines) is 2. The molecule has 2 saturated carbocycles. The summed E-state index contributed by atoms with van der Waals surface area (Å²) in [4.78, 5) is 63.3. The number of fused-ring (bicyclic) bond motifs is 3. The van der Waals surface area contributed by atoms with Crippen LogP contribution >= 0.6 is 8.58 Å². The predicted octanol–water partition coefficient (Wildman–Crippen LogP) is 4.97. The Balaban J connectivity index is 0.819. The summed E-state index contributed by atoms with van der Waals surface area (Å²) in [6.07, 6.45) is 7.22. The number of rotatable bonds is 18. The van der Waals surface area contributed by atoms with E-state index in [0.29, 0.717) is 50.8 Å². The summed E-state index contributed by atoms with van der Waals surface area (Å²) >= 11 is 0. The van der Waals surface area contributed by atoms with Crippen LogP contribution in [0.25, 0.3) is 10.9 Å². The Morgan fingerprint density at radius 1 is 1.11 bits per heavy atom. The third-order valence-corrected chi connectivity index (χ3v) is 18.5. The molecule has 8 rings (SSSR count). The number of alkyl carbamates (subject to hydrolysis) is 1. The highest BCUT2D eigenvalue weighted by Crippen LogP contribution is 2.59. The molecule has 356 valence electrons. The van der Waals surface area contributed by atoms with Crippen molar-refractivity contribution in [2.45, 2.75) is 139 Å². The summed E-state index contributed by atoms with van der Waals surface area (Å²) in [5.41, 5.74) is 0.270. The first-order valence-electron chi connectivity index (χ1n) is 23.5. The Hall–Kier alpha value is -4.05. The average molecular weight is 939 g/mol. The number of nitrogens with one attached hydrogen (secondary N) is 3. The lowest BCUT2D eigenvalue weighted by Crippen LogP contribution is -2.60. The molecule has 4 N–H and O–H groups in total. The van der Waals surface area contributed by atoms with Gasteiger partial charge in [-0.3, -0.25) is 19.1 Å². The maximum Gasteiger partial charge on any atom is 0.408 e. The molecular weight excluding hydrogens is 872 g/mol. The largest absolute Gasteiger partial charge is 0.493 e. The molecule has 4 saturated heterocycles. The molecule has 0 spiro atoms. The number of para-hydroxylation sites is 1. The third kappa shape index (κ3) is 9.99. The van der Waals surface area contributed by atoms with Crippen LogP contribution in [0.4, 0.5) is 4.79 Å². The zero-order valence-corrected chi connectivity index (χ0v) is 40.2. The van der Waals surface area contributed by atoms with Crippen LogP contribution in [0.3, 0.4) is 0 Å². The molecule has 4 aliphatic heterocycles. The molecule has 9 atom stereocenters. The van der Waals surface area contributed by atoms with Crippen LogP contribution in [-0.4, -0.2) is 131 Å². The summed E-state index contributed by atoms with van der Waals surface area (Å²) in [5.74, 6) is -0.334. The molecular formula is C47H67N6O10PS. The Labute approximate surface area is 384 Å². The molecule has 2 aromatic rings. The molecule has 6 aliphatic rings. The molecule has 6 unspecified atom stereocenters. The lowest BCUT2D eigenvalue weighted by molar-refractivity contribution is -0.142. The first-order chi connectivity index (χ1) is 30.9. The summed E-state index contributed by atoms with van der Waals surface area (Å²) < 4.78 is 45.7. The number of aromatic nitrogens is 1. The molecule has 4 amide bonds. The topological polar surface area (TPSA) is 206 Å². The van der Waals surface area contributed by atoms with E-state index in [2.05, 4.69) is 38.7 Å². The highest BCUT2D eigenvalue weighted by Gasteiger charge is 2.63. The SMILES string of the molecule is C=CC1PC1(NC(=O)[C@@H]1CCCN1C(=O)[C@@H](NC(=O)OC1C[C@H]1CCCCCc1c(O)nc2ccccc2c1OC1C2COCC1CN(CC)C2)C(C)(C)C)C(=O)NS(=O)(=O)C1(C)CC1. The summed E-state index contributed by atoms with van der Waals surface area (Å²) in [6.45, 7) is 17.5. The van der Waals surface area contributed by atoms with E-state index in [1.807, 2.05) is 45.0 Å². The Morgan fingerprint density at radius 3 is 2.49 bits per heavy atom. The Bertz CT molecular complexity index is 2270. The van der Waals surface area contributed by atoms with E-state index in [1.54, 1.807) is 6.92 Å². The number of pyridine rings is 1. The van der Waals surface area contributed by atoms with Crippen LogP contribution in [0, 0.1) is 23.2 Å². The highest BCUT2D eigenvalue weighted by atomic mass is 32.2. The van der Waals surface area contributed by atoms with Crippen LogP contribution in [0.1, 0.15) is 98.0 Å². The molecule has 2 aliphatic carbocycles. The Morgan fingerprint density at radius 2 is 1.83 bits per heavy atom. The highest BCUT2D eigenvalue weighted by molar-refractivity contribution is 7.91. The fourth-order valence-corrected chi connectivity index (χ4v) is 12.6. The van der Waals surface area contributed by atoms with Gasteiger partial charge >= 0.3 is 6.09 Å². The number of carbonyl (C=O) groups is 4. The monoisotopic (exact) mass is 938 g/mol. The van der Waals surface area contributed by atoms with Gasteiger partial charge in [-0.15, -0.1) is 6.58 Å². The van der Waals surface area contributed by atoms with Gasteiger partial charge in [-0.05, 0) is 88.3 Å². The van der Waals surface area contributed by atoms with Gasteiger partial charge in [0, 0.05) is 42.5 Å². The molecule has 2 bridgehead atoms. The molecule has 1 aromatic heterocycles. The number of aromatic hydroxyl groups is 1. The van der Waals surface area contributed by atoms with Crippen molar-refractivity contribution in [3.8, 4) is 11.6 Å². The van der Waals surface area contributed by atoms with Crippen molar-refractivity contribution in [2.75, 3.05) is 39.4 Å². The molecule has 1 aromatic carbocycles. The van der Waals surface area contributed by atoms with Gasteiger partial charge < -0.3 is 39.8 Å². The van der Waals surface area contributed by atoms with Crippen LogP contribution in [0.2, 0.25) is 0 Å². The smallest absolute Gasteiger partial charge is 0.408 e. The average Bonchev–Trinajstić information content (AvgIpc) is 4.22. The summed E-state index contributed by atoms with van der Waals surface area (Å²) in [7, 11) is -4.03. The molecule has 5 heterocycles. The van der Waals surface area contributed by atoms with Crippen LogP contribution in [0.5, 0.6) is 11.6 Å². The van der Waals surface area contributed by atoms with Crippen molar-refractivity contribution < 1.29 is 46.9 Å². The van der Waals surface area contributed by atoms with E-state index in [1.165, 1.54) is 11.0 Å². The molecule has 18 heteroatoms. The zero-order chi connectivity index (χ0) is 46.5. The number of ether oxygens (including phenoxy) is 3. The minimum atomic E-state index is -3.93. The third-order valence-electron chi connectivity index (χ3n) is 14.5. The second kappa shape index (κ2) is 18.6. The molecule has 0 radical (unpaired) electrons. The van der Waals surface area contributed by atoms with Crippen LogP contribution < -0.4 is 20.1 Å². The minimum Gasteiger partial charge on any atom is -0.493 e. The van der Waals surface area contributed by atoms with E-state index >= 15 is 0 Å². The van der Waals surface area contributed by atoms with Gasteiger partial charge in [-0.2, -0.15) is 0 Å². The quantitative estimate of drug-likeness (QED) is 0.0889. The van der Waals surface area contributed by atoms with Crippen molar-refractivity contribution in [1.29, 1.82) is 0 Å². The van der Waals surface area contributed by atoms with E-state index in [-0.39, 0.29) is 51.0 Å². The maximum atomic E-state index is 14.2. The number of piperidine rings is 1. The Kier molecular flexibility index (Phi) is 13.5. The number of unbranched alkanes of at least 4 members (excludes halogenated alkanes) is 2. The normalized spacial score (nSPS) is 30.0. The van der Waals surface area contributed by atoms with Gasteiger partial charge in [-0.25, -0.2) is 18.2 Å². The number of amides is 4. The summed E-state index contributed by atoms with van der Waals surface area (Å²) in [6, 6.07) is 5.90. The van der Waals surface area contributed by atoms with E-state index in [4.69, 9.17) is 14.2 Å². The number of nitrogens with zero attached hydrogens (tertiary/aromatic N) is 3. The van der Waals surface area contributed by atoms with E-state index in [9.17, 15) is 32.7 Å². The van der Waals surface area contributed by atoms with Gasteiger partial charge in [0.05, 0.1) is 29.0 Å². The standard InChI is InChI=1S/C47H67N6O10PS/c1-7-36-47(64-36,43(57)51-65(59,60)46(6)20-21-46)50-41(55)34-19-14-22-53(34)42(56)39(45(3,4)5)49-44(58)62-35-23-28(35)15-10-9-11-17-32-38(31-16-12-13-18-33(31)48-40(32)54)63-37-29-24-52(8-2)25-30(37)27-61-26-29/h7,12-13,16,18,28-30,34-37,39,64H,1,8-11,14-15,17,19-27H2,2-6H3,(H,48,54)(H,49,58)(H,50,55)(H,51,57)/t28-,29?,30?,34+,35?,36?,37?,39-,47?/m1/s1. The fraction of sp³-hybridized carbons (Fsp3) is 0.681. The van der Waals surface area contributed by atoms with Crippen molar-refractivity contribution in [2.24, 2.45) is 23.2 Å². The number of hydrogen-bond donors (Lipinski definition) is 4. The van der Waals surface area contributed by atoms with Gasteiger partial charge in [0.25, 0.3) is 5.91 Å². The van der Waals surface area contributed by atoms with Gasteiger partial charge in [0.2, 0.25) is 27.7 Å². The predicted molar refractivity (Wildman–Crippen MR) is 247 cm³/mol. The van der Waals surface area contributed by atoms with Crippen molar-refractivity contribution in [1.82, 2.24) is 30.1 Å². The van der Waals surface area contributed by atoms with Gasteiger partial charge in [-0.1, -0.05) is 67.3 Å². The second-order valence-electron chi connectivity index (χ2n) is 20.5. The molecule has 16 nitrogen and oxygen atoms in total. The number of sulfonamides is 1. The first-order valence-corrected chi connectivity index (χ1v) is 26.1. The number of hydrogen-bond acceptors (Lipinski definition) is 12. The fourth-order valence-electron chi connectivity index (χ4n) is 9.98. The van der Waals surface area contributed by atoms with Crippen molar-refractivity contribution in [3.05, 3.63) is 42.5 Å². The maximum absolute atomic E-state index is 14.2. The van der Waals surface area contributed by atoms with Crippen LogP contribution in [-0.2, 0) is 40.3 Å². The van der Waals surface area contributed by atoms with Crippen molar-refractivity contribution >= 4 is 53.3 Å². The van der Waals surface area contributed by atoms with Crippen LogP contribution in [0.15, 0.2) is 36.9 Å². The minimum absolute atomic E-state index is 0.00160. The van der Waals surface area contributed by atoms with Crippen molar-refractivity contribution in [3.63, 3.8) is 0 Å². The lowest BCUT2D eigenvalue weighted by atomic mass is 9.84. The number of carbonyl (C=O) groups excluding carboxylic acids is 4. The number of benzene rings is 1. The van der Waals surface area contributed by atoms with Gasteiger partial charge in [0.1, 0.15) is 35.3 Å².